The molecule has 0 unspecified atom stereocenters. The molecule has 0 atom stereocenters. The summed E-state index contributed by atoms with van der Waals surface area (Å²) in [6.45, 7) is 1.58. The van der Waals surface area contributed by atoms with Gasteiger partial charge >= 0.3 is 5.97 Å². The van der Waals surface area contributed by atoms with Crippen molar-refractivity contribution in [1.82, 2.24) is 4.98 Å². The maximum atomic E-state index is 12.3. The van der Waals surface area contributed by atoms with Crippen LogP contribution in [0.15, 0.2) is 41.4 Å². The maximum Gasteiger partial charge on any atom is 0.335 e. The first-order chi connectivity index (χ1) is 9.79. The van der Waals surface area contributed by atoms with Gasteiger partial charge in [-0.3, -0.25) is 4.72 Å². The molecule has 0 bridgehead atoms. The van der Waals surface area contributed by atoms with Gasteiger partial charge in [0.2, 0.25) is 0 Å². The Morgan fingerprint density at radius 2 is 2.00 bits per heavy atom. The van der Waals surface area contributed by atoms with Crippen LogP contribution in [0.1, 0.15) is 15.9 Å². The second kappa shape index (κ2) is 5.71. The van der Waals surface area contributed by atoms with E-state index in [9.17, 15) is 13.2 Å². The van der Waals surface area contributed by atoms with Crippen molar-refractivity contribution in [1.29, 1.82) is 0 Å². The maximum absolute atomic E-state index is 12.3. The molecule has 0 fully saturated rings. The molecular weight excluding hydrogens is 316 g/mol. The van der Waals surface area contributed by atoms with Crippen molar-refractivity contribution in [3.63, 3.8) is 0 Å². The third-order valence-electron chi connectivity index (χ3n) is 2.70. The Bertz CT molecular complexity index is 806. The first-order valence-corrected chi connectivity index (χ1v) is 7.64. The van der Waals surface area contributed by atoms with E-state index in [1.807, 2.05) is 0 Å². The highest BCUT2D eigenvalue weighted by Gasteiger charge is 2.19. The Morgan fingerprint density at radius 1 is 1.29 bits per heavy atom. The number of nitrogens with one attached hydrogen (secondary N) is 1. The summed E-state index contributed by atoms with van der Waals surface area (Å²) in [7, 11) is -3.92. The molecule has 0 aliphatic heterocycles. The Kier molecular flexibility index (Phi) is 4.15. The van der Waals surface area contributed by atoms with Crippen LogP contribution in [0.3, 0.4) is 0 Å². The molecule has 0 saturated carbocycles. The molecule has 1 aromatic heterocycles. The molecule has 1 heterocycles. The van der Waals surface area contributed by atoms with E-state index in [1.165, 1.54) is 30.5 Å². The fraction of sp³-hybridized carbons (Fsp3) is 0.0769. The number of nitrogens with zero attached hydrogens (tertiary/aromatic N) is 1. The summed E-state index contributed by atoms with van der Waals surface area (Å²) in [5, 5.41) is 9.10. The highest BCUT2D eigenvalue weighted by molar-refractivity contribution is 7.92. The highest BCUT2D eigenvalue weighted by Crippen LogP contribution is 2.21. The van der Waals surface area contributed by atoms with Crippen LogP contribution in [0.25, 0.3) is 0 Å². The number of aromatic carboxylic acids is 1. The van der Waals surface area contributed by atoms with Gasteiger partial charge in [-0.25, -0.2) is 18.2 Å². The fourth-order valence-electron chi connectivity index (χ4n) is 1.70. The van der Waals surface area contributed by atoms with Crippen molar-refractivity contribution in [2.45, 2.75) is 11.8 Å². The van der Waals surface area contributed by atoms with Crippen LogP contribution in [0.5, 0.6) is 0 Å². The van der Waals surface area contributed by atoms with Gasteiger partial charge in [-0.05, 0) is 36.8 Å². The van der Waals surface area contributed by atoms with Gasteiger partial charge in [0.15, 0.2) is 0 Å². The smallest absolute Gasteiger partial charge is 0.335 e. The minimum absolute atomic E-state index is 0.102. The lowest BCUT2D eigenvalue weighted by molar-refractivity contribution is 0.0696. The zero-order valence-electron chi connectivity index (χ0n) is 10.9. The van der Waals surface area contributed by atoms with E-state index in [0.717, 1.165) is 6.07 Å². The molecule has 2 N–H and O–H groups in total. The minimum Gasteiger partial charge on any atom is -0.478 e. The van der Waals surface area contributed by atoms with Gasteiger partial charge in [-0.15, -0.1) is 0 Å². The zero-order chi connectivity index (χ0) is 15.6. The number of carbonyl (C=O) groups is 1. The lowest BCUT2D eigenvalue weighted by atomic mass is 10.1. The molecule has 2 aromatic rings. The number of rotatable bonds is 4. The third-order valence-corrected chi connectivity index (χ3v) is 4.43. The first kappa shape index (κ1) is 15.3. The van der Waals surface area contributed by atoms with E-state index in [4.69, 9.17) is 16.7 Å². The van der Waals surface area contributed by atoms with Crippen LogP contribution < -0.4 is 4.72 Å². The van der Waals surface area contributed by atoms with Crippen molar-refractivity contribution in [3.05, 3.63) is 52.8 Å². The molecule has 0 saturated heterocycles. The third kappa shape index (κ3) is 3.50. The van der Waals surface area contributed by atoms with Crippen LogP contribution in [-0.4, -0.2) is 24.5 Å². The molecule has 0 amide bonds. The van der Waals surface area contributed by atoms with Crippen molar-refractivity contribution >= 4 is 33.3 Å². The first-order valence-electron chi connectivity index (χ1n) is 5.78. The van der Waals surface area contributed by atoms with Crippen LogP contribution in [0.2, 0.25) is 5.15 Å². The Balaban J connectivity index is 2.44. The summed E-state index contributed by atoms with van der Waals surface area (Å²) in [6, 6.07) is 6.70. The monoisotopic (exact) mass is 326 g/mol. The van der Waals surface area contributed by atoms with Crippen LogP contribution in [0, 0.1) is 6.92 Å². The van der Waals surface area contributed by atoms with E-state index in [-0.39, 0.29) is 21.3 Å². The van der Waals surface area contributed by atoms with Gasteiger partial charge in [0.05, 0.1) is 16.1 Å². The normalized spacial score (nSPS) is 11.1. The quantitative estimate of drug-likeness (QED) is 0.842. The Morgan fingerprint density at radius 3 is 2.62 bits per heavy atom. The average molecular weight is 327 g/mol. The Hall–Kier alpha value is -2.12. The molecule has 0 aliphatic rings. The number of halogens is 1. The lowest BCUT2D eigenvalue weighted by Gasteiger charge is -2.11. The predicted molar refractivity (Wildman–Crippen MR) is 78.2 cm³/mol. The molecule has 21 heavy (non-hydrogen) atoms. The molecule has 110 valence electrons. The van der Waals surface area contributed by atoms with Crippen LogP contribution in [0.4, 0.5) is 5.69 Å². The number of sulfonamides is 1. The van der Waals surface area contributed by atoms with E-state index >= 15 is 0 Å². The lowest BCUT2D eigenvalue weighted by Crippen LogP contribution is -2.15. The van der Waals surface area contributed by atoms with Gasteiger partial charge in [-0.2, -0.15) is 0 Å². The summed E-state index contributed by atoms with van der Waals surface area (Å²) in [6.07, 6.45) is 1.36. The average Bonchev–Trinajstić information content (AvgIpc) is 2.38. The van der Waals surface area contributed by atoms with Gasteiger partial charge in [0.25, 0.3) is 10.0 Å². The number of hydrogen-bond donors (Lipinski definition) is 2. The van der Waals surface area contributed by atoms with Gasteiger partial charge in [-0.1, -0.05) is 17.7 Å². The zero-order valence-corrected chi connectivity index (χ0v) is 12.4. The number of pyridine rings is 1. The minimum atomic E-state index is -3.92. The standard InChI is InChI=1S/C13H11ClN2O4S/c1-8-2-3-9(13(17)18)6-11(8)21(19,20)16-10-4-5-15-12(14)7-10/h2-7H,1H3,(H,15,16)(H,17,18). The number of aromatic nitrogens is 1. The van der Waals surface area contributed by atoms with E-state index < -0.39 is 16.0 Å². The fourth-order valence-corrected chi connectivity index (χ4v) is 3.19. The Labute approximate surface area is 126 Å². The number of anilines is 1. The SMILES string of the molecule is Cc1ccc(C(=O)O)cc1S(=O)(=O)Nc1ccnc(Cl)c1. The number of carboxylic acids is 1. The van der Waals surface area contributed by atoms with E-state index in [1.54, 1.807) is 6.92 Å². The number of aryl methyl sites for hydroxylation is 1. The topological polar surface area (TPSA) is 96.4 Å². The molecule has 0 radical (unpaired) electrons. The highest BCUT2D eigenvalue weighted by atomic mass is 35.5. The van der Waals surface area contributed by atoms with Crippen molar-refractivity contribution in [2.75, 3.05) is 4.72 Å². The number of hydrogen-bond acceptors (Lipinski definition) is 4. The van der Waals surface area contributed by atoms with Crippen molar-refractivity contribution in [3.8, 4) is 0 Å². The van der Waals surface area contributed by atoms with Gasteiger partial charge < -0.3 is 5.11 Å². The largest absolute Gasteiger partial charge is 0.478 e. The number of benzene rings is 1. The second-order valence-corrected chi connectivity index (χ2v) is 6.30. The molecule has 0 spiro atoms. The predicted octanol–water partition coefficient (Wildman–Crippen LogP) is 2.54. The molecule has 1 aromatic carbocycles. The summed E-state index contributed by atoms with van der Waals surface area (Å²) in [5.74, 6) is -1.20. The second-order valence-electron chi connectivity index (χ2n) is 4.26. The summed E-state index contributed by atoms with van der Waals surface area (Å²) in [4.78, 5) is 14.6. The van der Waals surface area contributed by atoms with Gasteiger partial charge in [0.1, 0.15) is 5.15 Å². The molecular formula is C13H11ClN2O4S. The van der Waals surface area contributed by atoms with E-state index in [2.05, 4.69) is 9.71 Å². The molecule has 6 nitrogen and oxygen atoms in total. The van der Waals surface area contributed by atoms with E-state index in [0.29, 0.717) is 5.56 Å². The molecule has 8 heteroatoms. The van der Waals surface area contributed by atoms with Crippen LogP contribution in [-0.2, 0) is 10.0 Å². The van der Waals surface area contributed by atoms with Gasteiger partial charge in [0, 0.05) is 6.20 Å². The van der Waals surface area contributed by atoms with Crippen molar-refractivity contribution < 1.29 is 18.3 Å². The number of carboxylic acid groups (broad SMARTS) is 1. The summed E-state index contributed by atoms with van der Waals surface area (Å²) >= 11 is 5.69. The molecule has 0 aliphatic carbocycles. The van der Waals surface area contributed by atoms with Crippen LogP contribution >= 0.6 is 11.6 Å². The molecule has 2 rings (SSSR count). The van der Waals surface area contributed by atoms with Crippen molar-refractivity contribution in [2.24, 2.45) is 0 Å². The summed E-state index contributed by atoms with van der Waals surface area (Å²) in [5.41, 5.74) is 0.580. The summed E-state index contributed by atoms with van der Waals surface area (Å²) < 4.78 is 27.0.